The molecule has 518 valence electrons. The second-order valence-corrected chi connectivity index (χ2v) is 23.7. The van der Waals surface area contributed by atoms with Crippen molar-refractivity contribution in [1.29, 1.82) is 0 Å². The van der Waals surface area contributed by atoms with Crippen molar-refractivity contribution in [3.05, 3.63) is 298 Å². The van der Waals surface area contributed by atoms with Gasteiger partial charge in [-0.15, -0.1) is 0 Å². The second kappa shape index (κ2) is 39.8. The lowest BCUT2D eigenvalue weighted by molar-refractivity contribution is 1.47. The van der Waals surface area contributed by atoms with Crippen LogP contribution < -0.4 is 0 Å². The first kappa shape index (κ1) is 81.1. The topological polar surface area (TPSA) is 0 Å². The van der Waals surface area contributed by atoms with Gasteiger partial charge in [0.1, 0.15) is 0 Å². The van der Waals surface area contributed by atoms with E-state index in [9.17, 15) is 0 Å². The Morgan fingerprint density at radius 1 is 0.140 bits per heavy atom. The van der Waals surface area contributed by atoms with Crippen LogP contribution in [0.4, 0.5) is 0 Å². The maximum absolute atomic E-state index is 2.31. The number of fused-ring (bicyclic) bond motifs is 7. The number of aryl methyl sites for hydroxylation is 10. The Hall–Kier alpha value is -9.62. The minimum Gasteiger partial charge on any atom is -0.0683 e. The van der Waals surface area contributed by atoms with E-state index in [2.05, 4.69) is 312 Å². The molecule has 0 amide bonds. The molecule has 0 saturated carbocycles. The Morgan fingerprint density at radius 3 is 0.900 bits per heavy atom. The molecule has 0 aromatic heterocycles. The number of benzene rings is 17. The van der Waals surface area contributed by atoms with Crippen LogP contribution in [-0.2, 0) is 0 Å². The van der Waals surface area contributed by atoms with Crippen molar-refractivity contribution in [2.24, 2.45) is 0 Å². The van der Waals surface area contributed by atoms with Crippen molar-refractivity contribution in [2.45, 2.75) is 180 Å². The Kier molecular flexibility index (Phi) is 32.3. The van der Waals surface area contributed by atoms with Crippen molar-refractivity contribution in [3.8, 4) is 0 Å². The molecule has 0 aliphatic carbocycles. The third-order valence-electron chi connectivity index (χ3n) is 18.1. The zero-order chi connectivity index (χ0) is 73.9. The van der Waals surface area contributed by atoms with Gasteiger partial charge in [0.25, 0.3) is 0 Å². The standard InChI is InChI=1S/2C18H14.3C16H14.8C2H6/c1-11-9-13-5-4-8-16-12(2)10-14-6-3-7-15(11)17(14)18(13)16;1-11-3-5-13-8-10-16-12(2)4-6-14-7-9-15(11)17(13)18(14)16;1-11-6-5-9-15-12(2)14-8-4-3-7-13(14)10-16(11)15;1-11-6-8-15-13(10-11)7-9-14-12(2)4-3-5-16(14)15;1-11-7-8-12(2)16-10-14-6-4-3-5-13(14)9-15(11)16;8*1-2/h2*3-10H,1-2H3;3*3-10H,1-2H3;8*1-2H3. The third kappa shape index (κ3) is 17.7. The van der Waals surface area contributed by atoms with Gasteiger partial charge in [-0.3, -0.25) is 0 Å². The van der Waals surface area contributed by atoms with Gasteiger partial charge in [-0.1, -0.05) is 341 Å². The lowest BCUT2D eigenvalue weighted by Gasteiger charge is -2.14. The van der Waals surface area contributed by atoms with E-state index in [0.717, 1.165) is 0 Å². The molecule has 0 radical (unpaired) electrons. The molecular weight excluding hydrogens is 1200 g/mol. The Balaban J connectivity index is 0.000000214. The summed E-state index contributed by atoms with van der Waals surface area (Å²) >= 11 is 0. The van der Waals surface area contributed by atoms with Gasteiger partial charge in [0, 0.05) is 0 Å². The van der Waals surface area contributed by atoms with Crippen molar-refractivity contribution >= 4 is 129 Å². The molecule has 0 nitrogen and oxygen atoms in total. The minimum absolute atomic E-state index is 1.32. The highest BCUT2D eigenvalue weighted by molar-refractivity contribution is 6.25. The Labute approximate surface area is 603 Å². The van der Waals surface area contributed by atoms with Crippen LogP contribution >= 0.6 is 0 Å². The fourth-order valence-corrected chi connectivity index (χ4v) is 13.5. The van der Waals surface area contributed by atoms with Crippen LogP contribution in [0.5, 0.6) is 0 Å². The molecular formula is C100H118. The predicted molar refractivity (Wildman–Crippen MR) is 463 cm³/mol. The molecule has 0 saturated heterocycles. The first-order chi connectivity index (χ1) is 48.8. The fraction of sp³-hybridized carbons (Fsp3) is 0.260. The minimum atomic E-state index is 1.32. The number of rotatable bonds is 0. The molecule has 0 spiro atoms. The van der Waals surface area contributed by atoms with Crippen molar-refractivity contribution in [1.82, 2.24) is 0 Å². The average molecular weight is 1320 g/mol. The van der Waals surface area contributed by atoms with Gasteiger partial charge < -0.3 is 0 Å². The van der Waals surface area contributed by atoms with Gasteiger partial charge in [0.15, 0.2) is 0 Å². The van der Waals surface area contributed by atoms with Gasteiger partial charge in [-0.2, -0.15) is 0 Å². The molecule has 0 N–H and O–H groups in total. The third-order valence-corrected chi connectivity index (χ3v) is 18.1. The van der Waals surface area contributed by atoms with Crippen LogP contribution in [0.1, 0.15) is 166 Å². The molecule has 17 aromatic rings. The van der Waals surface area contributed by atoms with E-state index in [0.29, 0.717) is 0 Å². The summed E-state index contributed by atoms with van der Waals surface area (Å²) in [7, 11) is 0. The molecule has 0 aliphatic rings. The van der Waals surface area contributed by atoms with E-state index < -0.39 is 0 Å². The van der Waals surface area contributed by atoms with E-state index in [1.54, 1.807) is 0 Å². The summed E-state index contributed by atoms with van der Waals surface area (Å²) in [5.74, 6) is 0. The molecule has 0 fully saturated rings. The van der Waals surface area contributed by atoms with E-state index in [1.165, 1.54) is 185 Å². The van der Waals surface area contributed by atoms with Gasteiger partial charge >= 0.3 is 0 Å². The smallest absolute Gasteiger partial charge is 0.00239 e. The summed E-state index contributed by atoms with van der Waals surface area (Å²) in [6.45, 7) is 53.8. The monoisotopic (exact) mass is 1320 g/mol. The van der Waals surface area contributed by atoms with Crippen LogP contribution in [0, 0.1) is 69.2 Å². The molecule has 0 unspecified atom stereocenters. The molecule has 0 heteroatoms. The highest BCUT2D eigenvalue weighted by Gasteiger charge is 2.13. The first-order valence-corrected chi connectivity index (χ1v) is 37.7. The molecule has 0 heterocycles. The summed E-state index contributed by atoms with van der Waals surface area (Å²) in [6.07, 6.45) is 0. The zero-order valence-electron chi connectivity index (χ0n) is 66.1. The highest BCUT2D eigenvalue weighted by Crippen LogP contribution is 2.40. The van der Waals surface area contributed by atoms with E-state index in [1.807, 2.05) is 111 Å². The molecule has 100 heavy (non-hydrogen) atoms. The molecule has 0 atom stereocenters. The van der Waals surface area contributed by atoms with Crippen LogP contribution in [-0.4, -0.2) is 0 Å². The summed E-state index contributed by atoms with van der Waals surface area (Å²) < 4.78 is 0. The lowest BCUT2D eigenvalue weighted by Crippen LogP contribution is -1.88. The van der Waals surface area contributed by atoms with E-state index in [-0.39, 0.29) is 0 Å². The summed E-state index contributed by atoms with van der Waals surface area (Å²) in [5.41, 5.74) is 13.6. The summed E-state index contributed by atoms with van der Waals surface area (Å²) in [6, 6.07) is 88.4. The van der Waals surface area contributed by atoms with Crippen LogP contribution in [0.25, 0.3) is 129 Å². The highest BCUT2D eigenvalue weighted by atomic mass is 14.2. The van der Waals surface area contributed by atoms with Gasteiger partial charge in [0.2, 0.25) is 0 Å². The van der Waals surface area contributed by atoms with Gasteiger partial charge in [-0.05, 0) is 267 Å². The first-order valence-electron chi connectivity index (χ1n) is 37.7. The fourth-order valence-electron chi connectivity index (χ4n) is 13.5. The quantitative estimate of drug-likeness (QED) is 0.105. The molecule has 0 aliphatic heterocycles. The summed E-state index contributed by atoms with van der Waals surface area (Å²) in [4.78, 5) is 0. The maximum Gasteiger partial charge on any atom is -0.00239 e. The van der Waals surface area contributed by atoms with Crippen LogP contribution in [0.15, 0.2) is 243 Å². The van der Waals surface area contributed by atoms with Gasteiger partial charge in [-0.25, -0.2) is 0 Å². The lowest BCUT2D eigenvalue weighted by atomic mass is 9.90. The van der Waals surface area contributed by atoms with Crippen molar-refractivity contribution < 1.29 is 0 Å². The van der Waals surface area contributed by atoms with E-state index >= 15 is 0 Å². The average Bonchev–Trinajstić information content (AvgIpc) is 0.720. The van der Waals surface area contributed by atoms with Crippen LogP contribution in [0.3, 0.4) is 0 Å². The predicted octanol–water partition coefficient (Wildman–Crippen LogP) is 32.4. The number of hydrogen-bond acceptors (Lipinski definition) is 0. The van der Waals surface area contributed by atoms with Gasteiger partial charge in [0.05, 0.1) is 0 Å². The normalized spacial score (nSPS) is 10.1. The molecule has 17 rings (SSSR count). The summed E-state index contributed by atoms with van der Waals surface area (Å²) in [5, 5.41) is 32.9. The molecule has 0 bridgehead atoms. The SMILES string of the molecule is CC.CC.CC.CC.CC.CC.CC.CC.Cc1cc2cccc3c(C)cc4cccc1c4c23.Cc1ccc(C)c2cc3ccccc3cc12.Cc1ccc2c(ccc3c(C)cccc32)c1.Cc1ccc2ccc3c(C)ccc4ccc1c2c43.Cc1cccc2c(C)c3ccccc3cc12. The zero-order valence-corrected chi connectivity index (χ0v) is 66.1. The second-order valence-electron chi connectivity index (χ2n) is 23.7. The van der Waals surface area contributed by atoms with Crippen molar-refractivity contribution in [2.75, 3.05) is 0 Å². The number of hydrogen-bond donors (Lipinski definition) is 0. The molecule has 17 aromatic carbocycles. The van der Waals surface area contributed by atoms with Crippen molar-refractivity contribution in [3.63, 3.8) is 0 Å². The van der Waals surface area contributed by atoms with Crippen LogP contribution in [0.2, 0.25) is 0 Å². The van der Waals surface area contributed by atoms with E-state index in [4.69, 9.17) is 0 Å². The Bertz CT molecular complexity index is 5110. The Morgan fingerprint density at radius 2 is 0.420 bits per heavy atom. The maximum atomic E-state index is 2.31. The largest absolute Gasteiger partial charge is 0.0683 e.